The molecule has 6 nitrogen and oxygen atoms in total. The van der Waals surface area contributed by atoms with Gasteiger partial charge in [-0.1, -0.05) is 35.6 Å². The molecular weight excluding hydrogens is 402 g/mol. The summed E-state index contributed by atoms with van der Waals surface area (Å²) in [6.45, 7) is 6.23. The highest BCUT2D eigenvalue weighted by Crippen LogP contribution is 2.32. The van der Waals surface area contributed by atoms with E-state index in [1.807, 2.05) is 11.5 Å². The van der Waals surface area contributed by atoms with Crippen molar-refractivity contribution in [2.45, 2.75) is 45.6 Å². The maximum Gasteiger partial charge on any atom is 0.230 e. The Morgan fingerprint density at radius 3 is 2.97 bits per heavy atom. The topological polar surface area (TPSA) is 75.6 Å². The first-order chi connectivity index (χ1) is 14.0. The number of nitrogens with zero attached hydrogens (tertiary/aromatic N) is 3. The van der Waals surface area contributed by atoms with Crippen molar-refractivity contribution in [3.05, 3.63) is 58.0 Å². The van der Waals surface area contributed by atoms with E-state index < -0.39 is 0 Å². The zero-order chi connectivity index (χ0) is 20.4. The van der Waals surface area contributed by atoms with Gasteiger partial charge in [-0.15, -0.1) is 6.58 Å². The first kappa shape index (κ1) is 19.7. The molecule has 0 aliphatic heterocycles. The summed E-state index contributed by atoms with van der Waals surface area (Å²) in [6.07, 6.45) is 6.86. The average Bonchev–Trinajstić information content (AvgIpc) is 3.24. The predicted molar refractivity (Wildman–Crippen MR) is 119 cm³/mol. The first-order valence-corrected chi connectivity index (χ1v) is 10.9. The van der Waals surface area contributed by atoms with Crippen LogP contribution in [0.15, 0.2) is 30.9 Å². The number of thiazole rings is 1. The number of allylic oxidation sites excluding steroid dienone is 1. The lowest BCUT2D eigenvalue weighted by Gasteiger charge is -2.16. The normalized spacial score (nSPS) is 13.1. The minimum Gasteiger partial charge on any atom is -0.302 e. The number of nitrogens with one attached hydrogen (secondary N) is 2. The number of hydrogen-bond donors (Lipinski definition) is 2. The summed E-state index contributed by atoms with van der Waals surface area (Å²) >= 11 is 6.69. The van der Waals surface area contributed by atoms with Crippen molar-refractivity contribution in [1.82, 2.24) is 19.7 Å². The van der Waals surface area contributed by atoms with Crippen molar-refractivity contribution in [3.63, 3.8) is 0 Å². The molecule has 2 N–H and O–H groups in total. The van der Waals surface area contributed by atoms with Gasteiger partial charge in [-0.2, -0.15) is 5.10 Å². The highest BCUT2D eigenvalue weighted by atomic mass is 32.1. The fourth-order valence-electron chi connectivity index (χ4n) is 3.69. The van der Waals surface area contributed by atoms with Gasteiger partial charge < -0.3 is 5.32 Å². The van der Waals surface area contributed by atoms with Gasteiger partial charge in [0.25, 0.3) is 0 Å². The van der Waals surface area contributed by atoms with Gasteiger partial charge in [0, 0.05) is 6.54 Å². The summed E-state index contributed by atoms with van der Waals surface area (Å²) in [4.78, 5) is 18.0. The van der Waals surface area contributed by atoms with Gasteiger partial charge in [0.1, 0.15) is 0 Å². The number of hydrogen-bond acceptors (Lipinski definition) is 5. The second-order valence-electron chi connectivity index (χ2n) is 7.22. The van der Waals surface area contributed by atoms with Crippen LogP contribution in [0.1, 0.15) is 35.2 Å². The number of fused-ring (bicyclic) bond motifs is 1. The number of benzene rings is 1. The maximum atomic E-state index is 12.6. The Labute approximate surface area is 178 Å². The molecule has 1 aliphatic rings. The lowest BCUT2D eigenvalue weighted by atomic mass is 9.90. The minimum atomic E-state index is -0.0639. The molecular formula is C21H23N5OS2. The summed E-state index contributed by atoms with van der Waals surface area (Å²) in [5.74, 6) is 0.645. The Balaban J connectivity index is 1.49. The van der Waals surface area contributed by atoms with Crippen molar-refractivity contribution >= 4 is 34.6 Å². The third kappa shape index (κ3) is 4.23. The maximum absolute atomic E-state index is 12.6. The van der Waals surface area contributed by atoms with Crippen LogP contribution in [0.3, 0.4) is 0 Å². The van der Waals surface area contributed by atoms with Gasteiger partial charge in [0.15, 0.2) is 15.7 Å². The van der Waals surface area contributed by atoms with E-state index in [1.165, 1.54) is 35.3 Å². The van der Waals surface area contributed by atoms with Crippen LogP contribution in [0.25, 0.3) is 10.7 Å². The number of aryl methyl sites for hydroxylation is 3. The highest BCUT2D eigenvalue weighted by molar-refractivity contribution is 7.71. The standard InChI is InChI=1S/C21H23N5OS2/c1-3-10-26-19(24-25-21(26)28)18-13(2)22-20(29-18)23-17(27)12-14-8-9-15-6-4-5-7-16(15)11-14/h3,8-9,11H,1,4-7,10,12H2,2H3,(H,25,28)(H,22,23,27). The molecule has 2 aromatic heterocycles. The molecule has 0 saturated carbocycles. The summed E-state index contributed by atoms with van der Waals surface area (Å²) in [5, 5.41) is 10.6. The summed E-state index contributed by atoms with van der Waals surface area (Å²) < 4.78 is 2.40. The van der Waals surface area contributed by atoms with Gasteiger partial charge in [0.05, 0.1) is 17.0 Å². The lowest BCUT2D eigenvalue weighted by molar-refractivity contribution is -0.115. The van der Waals surface area contributed by atoms with Gasteiger partial charge in [-0.05, 0) is 61.5 Å². The lowest BCUT2D eigenvalue weighted by Crippen LogP contribution is -2.15. The van der Waals surface area contributed by atoms with Crippen LogP contribution < -0.4 is 5.32 Å². The number of anilines is 1. The van der Waals surface area contributed by atoms with Gasteiger partial charge in [-0.3, -0.25) is 14.5 Å². The van der Waals surface area contributed by atoms with Crippen molar-refractivity contribution in [2.75, 3.05) is 5.32 Å². The van der Waals surface area contributed by atoms with Crippen molar-refractivity contribution in [3.8, 4) is 10.7 Å². The Morgan fingerprint density at radius 1 is 1.38 bits per heavy atom. The molecule has 1 amide bonds. The monoisotopic (exact) mass is 425 g/mol. The molecule has 0 atom stereocenters. The van der Waals surface area contributed by atoms with Crippen LogP contribution in [0.4, 0.5) is 5.13 Å². The average molecular weight is 426 g/mol. The van der Waals surface area contributed by atoms with E-state index in [2.05, 4.69) is 45.3 Å². The number of amides is 1. The van der Waals surface area contributed by atoms with Crippen molar-refractivity contribution in [2.24, 2.45) is 0 Å². The molecule has 0 radical (unpaired) electrons. The molecule has 0 fully saturated rings. The smallest absolute Gasteiger partial charge is 0.230 e. The zero-order valence-electron chi connectivity index (χ0n) is 16.3. The van der Waals surface area contributed by atoms with E-state index in [-0.39, 0.29) is 5.91 Å². The molecule has 8 heteroatoms. The Hall–Kier alpha value is -2.58. The van der Waals surface area contributed by atoms with E-state index in [9.17, 15) is 4.79 Å². The number of carbonyl (C=O) groups is 1. The largest absolute Gasteiger partial charge is 0.302 e. The van der Waals surface area contributed by atoms with Crippen LogP contribution in [-0.2, 0) is 30.6 Å². The molecule has 0 bridgehead atoms. The molecule has 1 aliphatic carbocycles. The molecule has 4 rings (SSSR count). The number of H-pyrrole nitrogens is 1. The van der Waals surface area contributed by atoms with E-state index >= 15 is 0 Å². The van der Waals surface area contributed by atoms with E-state index in [4.69, 9.17) is 12.2 Å². The van der Waals surface area contributed by atoms with E-state index in [0.717, 1.165) is 29.0 Å². The molecule has 150 valence electrons. The SMILES string of the molecule is C=CCn1c(-c2sc(NC(=O)Cc3ccc4c(c3)CCCC4)nc2C)n[nH]c1=S. The van der Waals surface area contributed by atoms with Crippen LogP contribution in [-0.4, -0.2) is 25.7 Å². The third-order valence-corrected chi connectivity index (χ3v) is 6.47. The Morgan fingerprint density at radius 2 is 2.17 bits per heavy atom. The fraction of sp³-hybridized carbons (Fsp3) is 0.333. The van der Waals surface area contributed by atoms with Gasteiger partial charge in [0.2, 0.25) is 5.91 Å². The third-order valence-electron chi connectivity index (χ3n) is 5.09. The molecule has 0 spiro atoms. The quantitative estimate of drug-likeness (QED) is 0.446. The van der Waals surface area contributed by atoms with Crippen LogP contribution in [0.5, 0.6) is 0 Å². The van der Waals surface area contributed by atoms with Crippen molar-refractivity contribution in [1.29, 1.82) is 0 Å². The van der Waals surface area contributed by atoms with Crippen LogP contribution in [0.2, 0.25) is 0 Å². The Kier molecular flexibility index (Phi) is 5.73. The molecule has 3 aromatic rings. The fourth-order valence-corrected chi connectivity index (χ4v) is 4.88. The van der Waals surface area contributed by atoms with Gasteiger partial charge in [-0.25, -0.2) is 4.98 Å². The number of rotatable bonds is 6. The molecule has 1 aromatic carbocycles. The van der Waals surface area contributed by atoms with E-state index in [0.29, 0.717) is 28.7 Å². The highest BCUT2D eigenvalue weighted by Gasteiger charge is 2.17. The number of aromatic amines is 1. The predicted octanol–water partition coefficient (Wildman–Crippen LogP) is 4.62. The second kappa shape index (κ2) is 8.42. The summed E-state index contributed by atoms with van der Waals surface area (Å²) in [6, 6.07) is 6.42. The van der Waals surface area contributed by atoms with Crippen LogP contribution in [0, 0.1) is 11.7 Å². The first-order valence-electron chi connectivity index (χ1n) is 9.69. The van der Waals surface area contributed by atoms with Crippen LogP contribution >= 0.6 is 23.6 Å². The Bertz CT molecular complexity index is 1120. The molecule has 29 heavy (non-hydrogen) atoms. The molecule has 2 heterocycles. The van der Waals surface area contributed by atoms with Crippen molar-refractivity contribution < 1.29 is 4.79 Å². The molecule has 0 unspecified atom stereocenters. The summed E-state index contributed by atoms with van der Waals surface area (Å²) in [5.41, 5.74) is 4.66. The zero-order valence-corrected chi connectivity index (χ0v) is 18.0. The second-order valence-corrected chi connectivity index (χ2v) is 8.61. The minimum absolute atomic E-state index is 0.0639. The van der Waals surface area contributed by atoms with Gasteiger partial charge >= 0.3 is 0 Å². The summed E-state index contributed by atoms with van der Waals surface area (Å²) in [7, 11) is 0. The van der Waals surface area contributed by atoms with E-state index in [1.54, 1.807) is 6.08 Å². The number of aromatic nitrogens is 4. The number of carbonyl (C=O) groups excluding carboxylic acids is 1. The molecule has 0 saturated heterocycles.